The molecule has 0 aliphatic heterocycles. The highest BCUT2D eigenvalue weighted by Gasteiger charge is 2.52. The first-order valence-corrected chi connectivity index (χ1v) is 5.71. The largest absolute Gasteiger partial charge is 0.480 e. The number of ether oxygens (including phenoxy) is 1. The Labute approximate surface area is 101 Å². The summed E-state index contributed by atoms with van der Waals surface area (Å²) in [7, 11) is 1.55. The van der Waals surface area contributed by atoms with Gasteiger partial charge in [-0.05, 0) is 12.8 Å². The molecule has 1 amide bonds. The molecule has 17 heavy (non-hydrogen) atoms. The van der Waals surface area contributed by atoms with Crippen LogP contribution in [0.3, 0.4) is 0 Å². The average molecular weight is 241 g/mol. The van der Waals surface area contributed by atoms with E-state index < -0.39 is 11.4 Å². The first-order chi connectivity index (χ1) is 8.08. The Morgan fingerprint density at radius 3 is 2.53 bits per heavy atom. The van der Waals surface area contributed by atoms with Gasteiger partial charge in [-0.1, -0.05) is 12.5 Å². The number of nitrogens with zero attached hydrogens (tertiary/aromatic N) is 1. The van der Waals surface area contributed by atoms with Crippen LogP contribution >= 0.6 is 0 Å². The van der Waals surface area contributed by atoms with Crippen LogP contribution in [0, 0.1) is 5.41 Å². The predicted octanol–water partition coefficient (Wildman–Crippen LogP) is 0.902. The zero-order valence-electron chi connectivity index (χ0n) is 10.1. The predicted molar refractivity (Wildman–Crippen MR) is 62.6 cm³/mol. The van der Waals surface area contributed by atoms with Crippen LogP contribution in [-0.2, 0) is 14.3 Å². The van der Waals surface area contributed by atoms with Gasteiger partial charge in [0.2, 0.25) is 5.91 Å². The van der Waals surface area contributed by atoms with E-state index in [0.717, 1.165) is 6.42 Å². The Bertz CT molecular complexity index is 310. The number of carbonyl (C=O) groups is 2. The fourth-order valence-corrected chi connectivity index (χ4v) is 1.99. The van der Waals surface area contributed by atoms with Gasteiger partial charge in [0.25, 0.3) is 0 Å². The lowest BCUT2D eigenvalue weighted by atomic mass is 9.67. The minimum absolute atomic E-state index is 0.312. The van der Waals surface area contributed by atoms with Crippen LogP contribution in [0.15, 0.2) is 12.7 Å². The molecule has 1 aliphatic carbocycles. The maximum absolute atomic E-state index is 12.2. The van der Waals surface area contributed by atoms with Crippen molar-refractivity contribution < 1.29 is 19.4 Å². The monoisotopic (exact) mass is 241 g/mol. The standard InChI is InChI=1S/C12H19NO4/c1-3-7-13(8-9-17-2)10(14)12(11(15)16)5-4-6-12/h3H,1,4-9H2,2H3,(H,15,16). The highest BCUT2D eigenvalue weighted by Crippen LogP contribution is 2.42. The second-order valence-electron chi connectivity index (χ2n) is 4.27. The van der Waals surface area contributed by atoms with Crippen molar-refractivity contribution >= 4 is 11.9 Å². The van der Waals surface area contributed by atoms with Gasteiger partial charge >= 0.3 is 5.97 Å². The summed E-state index contributed by atoms with van der Waals surface area (Å²) in [4.78, 5) is 25.0. The van der Waals surface area contributed by atoms with Gasteiger partial charge in [-0.25, -0.2) is 0 Å². The highest BCUT2D eigenvalue weighted by atomic mass is 16.5. The smallest absolute Gasteiger partial charge is 0.319 e. The summed E-state index contributed by atoms with van der Waals surface area (Å²) in [5, 5.41) is 9.19. The molecule has 0 aromatic carbocycles. The third kappa shape index (κ3) is 2.66. The van der Waals surface area contributed by atoms with E-state index in [9.17, 15) is 14.7 Å². The SMILES string of the molecule is C=CCN(CCOC)C(=O)C1(C(=O)O)CCC1. The van der Waals surface area contributed by atoms with Gasteiger partial charge < -0.3 is 14.7 Å². The fourth-order valence-electron chi connectivity index (χ4n) is 1.99. The zero-order chi connectivity index (χ0) is 12.9. The van der Waals surface area contributed by atoms with Gasteiger partial charge in [-0.15, -0.1) is 6.58 Å². The molecule has 0 radical (unpaired) electrons. The lowest BCUT2D eigenvalue weighted by Gasteiger charge is -2.39. The molecular formula is C12H19NO4. The summed E-state index contributed by atoms with van der Waals surface area (Å²) in [6, 6.07) is 0. The van der Waals surface area contributed by atoms with E-state index in [-0.39, 0.29) is 5.91 Å². The number of aliphatic carboxylic acids is 1. The van der Waals surface area contributed by atoms with Gasteiger partial charge in [-0.2, -0.15) is 0 Å². The molecule has 0 bridgehead atoms. The quantitative estimate of drug-likeness (QED) is 0.531. The highest BCUT2D eigenvalue weighted by molar-refractivity contribution is 6.02. The van der Waals surface area contributed by atoms with Crippen molar-refractivity contribution in [2.24, 2.45) is 5.41 Å². The molecule has 1 fully saturated rings. The Morgan fingerprint density at radius 1 is 1.53 bits per heavy atom. The van der Waals surface area contributed by atoms with E-state index in [4.69, 9.17) is 4.74 Å². The number of carboxylic acids is 1. The molecular weight excluding hydrogens is 222 g/mol. The minimum atomic E-state index is -1.20. The number of hydrogen-bond donors (Lipinski definition) is 1. The third-order valence-corrected chi connectivity index (χ3v) is 3.23. The van der Waals surface area contributed by atoms with E-state index in [1.807, 2.05) is 0 Å². The van der Waals surface area contributed by atoms with Crippen molar-refractivity contribution in [3.8, 4) is 0 Å². The second-order valence-corrected chi connectivity index (χ2v) is 4.27. The summed E-state index contributed by atoms with van der Waals surface area (Å²) in [6.07, 6.45) is 3.26. The summed E-state index contributed by atoms with van der Waals surface area (Å²) < 4.78 is 4.92. The first-order valence-electron chi connectivity index (χ1n) is 5.71. The van der Waals surface area contributed by atoms with Gasteiger partial charge in [-0.3, -0.25) is 9.59 Å². The molecule has 0 aromatic heterocycles. The van der Waals surface area contributed by atoms with Crippen molar-refractivity contribution in [3.63, 3.8) is 0 Å². The van der Waals surface area contributed by atoms with Crippen molar-refractivity contribution in [2.75, 3.05) is 26.8 Å². The maximum Gasteiger partial charge on any atom is 0.319 e. The molecule has 0 atom stereocenters. The summed E-state index contributed by atoms with van der Waals surface area (Å²) in [5.41, 5.74) is -1.20. The summed E-state index contributed by atoms with van der Waals surface area (Å²) >= 11 is 0. The van der Waals surface area contributed by atoms with Gasteiger partial charge in [0.05, 0.1) is 6.61 Å². The summed E-state index contributed by atoms with van der Waals surface area (Å²) in [6.45, 7) is 4.74. The number of methoxy groups -OCH3 is 1. The van der Waals surface area contributed by atoms with Crippen LogP contribution in [-0.4, -0.2) is 48.7 Å². The maximum atomic E-state index is 12.2. The zero-order valence-corrected chi connectivity index (χ0v) is 10.1. The lowest BCUT2D eigenvalue weighted by Crippen LogP contribution is -2.53. The van der Waals surface area contributed by atoms with Gasteiger partial charge in [0.1, 0.15) is 5.41 Å². The third-order valence-electron chi connectivity index (χ3n) is 3.23. The van der Waals surface area contributed by atoms with E-state index in [0.29, 0.717) is 32.5 Å². The fraction of sp³-hybridized carbons (Fsp3) is 0.667. The molecule has 0 heterocycles. The second kappa shape index (κ2) is 5.82. The topological polar surface area (TPSA) is 66.8 Å². The van der Waals surface area contributed by atoms with E-state index in [1.54, 1.807) is 13.2 Å². The molecule has 5 heteroatoms. The molecule has 96 valence electrons. The molecule has 0 spiro atoms. The number of amides is 1. The van der Waals surface area contributed by atoms with E-state index >= 15 is 0 Å². The van der Waals surface area contributed by atoms with Crippen molar-refractivity contribution in [1.82, 2.24) is 4.90 Å². The van der Waals surface area contributed by atoms with Crippen LogP contribution in [0.25, 0.3) is 0 Å². The van der Waals surface area contributed by atoms with Crippen LogP contribution in [0.5, 0.6) is 0 Å². The van der Waals surface area contributed by atoms with Crippen LogP contribution in [0.1, 0.15) is 19.3 Å². The number of carbonyl (C=O) groups excluding carboxylic acids is 1. The van der Waals surface area contributed by atoms with E-state index in [2.05, 4.69) is 6.58 Å². The molecule has 1 N–H and O–H groups in total. The number of hydrogen-bond acceptors (Lipinski definition) is 3. The van der Waals surface area contributed by atoms with Crippen LogP contribution in [0.2, 0.25) is 0 Å². The van der Waals surface area contributed by atoms with E-state index in [1.165, 1.54) is 4.90 Å². The molecule has 1 rings (SSSR count). The molecule has 0 saturated heterocycles. The molecule has 5 nitrogen and oxygen atoms in total. The Hall–Kier alpha value is -1.36. The first kappa shape index (κ1) is 13.7. The lowest BCUT2D eigenvalue weighted by molar-refractivity contribution is -0.167. The Balaban J connectivity index is 2.75. The van der Waals surface area contributed by atoms with Crippen LogP contribution < -0.4 is 0 Å². The van der Waals surface area contributed by atoms with Gasteiger partial charge in [0, 0.05) is 20.2 Å². The van der Waals surface area contributed by atoms with Crippen molar-refractivity contribution in [1.29, 1.82) is 0 Å². The normalized spacial score (nSPS) is 17.0. The minimum Gasteiger partial charge on any atom is -0.480 e. The van der Waals surface area contributed by atoms with Crippen molar-refractivity contribution in [3.05, 3.63) is 12.7 Å². The molecule has 0 unspecified atom stereocenters. The average Bonchev–Trinajstić information content (AvgIpc) is 2.21. The van der Waals surface area contributed by atoms with Gasteiger partial charge in [0.15, 0.2) is 0 Å². The Kier molecular flexibility index (Phi) is 4.69. The molecule has 0 aromatic rings. The van der Waals surface area contributed by atoms with Crippen molar-refractivity contribution in [2.45, 2.75) is 19.3 Å². The Morgan fingerprint density at radius 2 is 2.18 bits per heavy atom. The number of carboxylic acid groups (broad SMARTS) is 1. The molecule has 1 saturated carbocycles. The summed E-state index contributed by atoms with van der Waals surface area (Å²) in [5.74, 6) is -1.33. The molecule has 1 aliphatic rings. The number of rotatable bonds is 7. The van der Waals surface area contributed by atoms with Crippen LogP contribution in [0.4, 0.5) is 0 Å².